The third-order valence-corrected chi connectivity index (χ3v) is 5.43. The lowest BCUT2D eigenvalue weighted by atomic mass is 10.1. The minimum atomic E-state index is 0.0614. The zero-order valence-electron chi connectivity index (χ0n) is 14.8. The van der Waals surface area contributed by atoms with Crippen molar-refractivity contribution in [3.8, 4) is 11.3 Å². The van der Waals surface area contributed by atoms with E-state index in [1.165, 1.54) is 16.9 Å². The molecule has 0 aliphatic carbocycles. The van der Waals surface area contributed by atoms with Gasteiger partial charge in [-0.1, -0.05) is 17.4 Å². The van der Waals surface area contributed by atoms with Crippen molar-refractivity contribution in [3.63, 3.8) is 0 Å². The van der Waals surface area contributed by atoms with E-state index < -0.39 is 0 Å². The van der Waals surface area contributed by atoms with Gasteiger partial charge in [0.25, 0.3) is 0 Å². The van der Waals surface area contributed by atoms with Crippen LogP contribution in [0.1, 0.15) is 11.3 Å². The summed E-state index contributed by atoms with van der Waals surface area (Å²) in [5.41, 5.74) is 6.26. The number of hydrogen-bond acceptors (Lipinski definition) is 4. The predicted molar refractivity (Wildman–Crippen MR) is 103 cm³/mol. The van der Waals surface area contributed by atoms with Crippen LogP contribution in [0.25, 0.3) is 27.1 Å². The van der Waals surface area contributed by atoms with Crippen LogP contribution >= 0.6 is 11.3 Å². The Hall–Kier alpha value is -2.44. The van der Waals surface area contributed by atoms with Crippen LogP contribution in [-0.4, -0.2) is 32.9 Å². The lowest BCUT2D eigenvalue weighted by Crippen LogP contribution is -2.13. The van der Waals surface area contributed by atoms with Gasteiger partial charge in [0.2, 0.25) is 0 Å². The largest absolute Gasteiger partial charge is 0.307 e. The van der Waals surface area contributed by atoms with E-state index in [9.17, 15) is 4.79 Å². The summed E-state index contributed by atoms with van der Waals surface area (Å²) < 4.78 is 4.86. The van der Waals surface area contributed by atoms with Crippen LogP contribution in [0.3, 0.4) is 0 Å². The first-order valence-corrected chi connectivity index (χ1v) is 8.98. The molecular formula is C19H20N4OS. The van der Waals surface area contributed by atoms with Crippen molar-refractivity contribution in [2.24, 2.45) is 7.05 Å². The Bertz CT molecular complexity index is 1150. The maximum Gasteiger partial charge on any atom is 0.307 e. The van der Waals surface area contributed by atoms with Crippen molar-refractivity contribution >= 4 is 27.2 Å². The third kappa shape index (κ3) is 2.67. The average molecular weight is 352 g/mol. The van der Waals surface area contributed by atoms with Crippen molar-refractivity contribution in [1.29, 1.82) is 0 Å². The fourth-order valence-electron chi connectivity index (χ4n) is 3.15. The van der Waals surface area contributed by atoms with Crippen LogP contribution in [0.5, 0.6) is 0 Å². The normalized spacial score (nSPS) is 11.9. The molecule has 6 heteroatoms. The highest BCUT2D eigenvalue weighted by molar-refractivity contribution is 7.16. The Balaban J connectivity index is 1.99. The van der Waals surface area contributed by atoms with Crippen molar-refractivity contribution in [1.82, 2.24) is 18.9 Å². The van der Waals surface area contributed by atoms with Crippen LogP contribution in [0.4, 0.5) is 0 Å². The van der Waals surface area contributed by atoms with Crippen molar-refractivity contribution in [2.45, 2.75) is 13.5 Å². The standard InChI is InChI=1S/C19H20N4OS/c1-12-7-8-23-15(11-21(2)3)18(20-17(23)9-12)13-5-6-16-14(10-13)22(4)19(24)25-16/h5-10H,11H2,1-4H3. The molecule has 3 heterocycles. The molecule has 1 aromatic carbocycles. The number of fused-ring (bicyclic) bond motifs is 2. The number of aryl methyl sites for hydroxylation is 2. The minimum Gasteiger partial charge on any atom is -0.304 e. The van der Waals surface area contributed by atoms with Gasteiger partial charge >= 0.3 is 4.87 Å². The Morgan fingerprint density at radius 3 is 2.76 bits per heavy atom. The molecule has 5 nitrogen and oxygen atoms in total. The number of hydrogen-bond donors (Lipinski definition) is 0. The van der Waals surface area contributed by atoms with Crippen LogP contribution in [-0.2, 0) is 13.6 Å². The van der Waals surface area contributed by atoms with E-state index >= 15 is 0 Å². The van der Waals surface area contributed by atoms with Gasteiger partial charge in [0.1, 0.15) is 5.65 Å². The molecule has 0 saturated carbocycles. The molecule has 0 amide bonds. The van der Waals surface area contributed by atoms with Crippen molar-refractivity contribution in [2.75, 3.05) is 14.1 Å². The molecule has 0 saturated heterocycles. The molecule has 25 heavy (non-hydrogen) atoms. The topological polar surface area (TPSA) is 42.5 Å². The first-order chi connectivity index (χ1) is 11.9. The summed E-state index contributed by atoms with van der Waals surface area (Å²) in [5, 5.41) is 0. The van der Waals surface area contributed by atoms with Gasteiger partial charge in [0, 0.05) is 25.4 Å². The van der Waals surface area contributed by atoms with Gasteiger partial charge in [0.05, 0.1) is 21.6 Å². The minimum absolute atomic E-state index is 0.0614. The zero-order chi connectivity index (χ0) is 17.7. The quantitative estimate of drug-likeness (QED) is 0.568. The molecule has 3 aromatic heterocycles. The molecule has 0 bridgehead atoms. The molecule has 0 spiro atoms. The monoisotopic (exact) mass is 352 g/mol. The second-order valence-corrected chi connectivity index (χ2v) is 7.68. The van der Waals surface area contributed by atoms with Crippen LogP contribution < -0.4 is 4.87 Å². The average Bonchev–Trinajstić information content (AvgIpc) is 3.05. The van der Waals surface area contributed by atoms with Crippen LogP contribution in [0.15, 0.2) is 41.3 Å². The second-order valence-electron chi connectivity index (χ2n) is 6.69. The van der Waals surface area contributed by atoms with Gasteiger partial charge in [0.15, 0.2) is 0 Å². The Kier molecular flexibility index (Phi) is 3.74. The Morgan fingerprint density at radius 1 is 1.20 bits per heavy atom. The molecule has 0 unspecified atom stereocenters. The Labute approximate surface area is 149 Å². The highest BCUT2D eigenvalue weighted by atomic mass is 32.1. The molecule has 4 aromatic rings. The number of aromatic nitrogens is 3. The van der Waals surface area contributed by atoms with Gasteiger partial charge in [-0.05, 0) is 50.8 Å². The SMILES string of the molecule is Cc1ccn2c(CN(C)C)c(-c3ccc4sc(=O)n(C)c4c3)nc2c1. The summed E-state index contributed by atoms with van der Waals surface area (Å²) in [6.07, 6.45) is 2.08. The number of nitrogens with zero attached hydrogens (tertiary/aromatic N) is 4. The second kappa shape index (κ2) is 5.82. The molecule has 0 N–H and O–H groups in total. The first kappa shape index (κ1) is 16.1. The van der Waals surface area contributed by atoms with Gasteiger partial charge in [-0.25, -0.2) is 4.98 Å². The summed E-state index contributed by atoms with van der Waals surface area (Å²) in [4.78, 5) is 19.0. The maximum absolute atomic E-state index is 11.9. The molecular weight excluding hydrogens is 332 g/mol. The predicted octanol–water partition coefficient (Wildman–Crippen LogP) is 3.28. The summed E-state index contributed by atoms with van der Waals surface area (Å²) in [6.45, 7) is 2.87. The smallest absolute Gasteiger partial charge is 0.304 e. The summed E-state index contributed by atoms with van der Waals surface area (Å²) >= 11 is 1.28. The summed E-state index contributed by atoms with van der Waals surface area (Å²) in [7, 11) is 5.94. The molecule has 0 radical (unpaired) electrons. The number of pyridine rings is 1. The lowest BCUT2D eigenvalue weighted by molar-refractivity contribution is 0.396. The van der Waals surface area contributed by atoms with E-state index in [1.54, 1.807) is 4.57 Å². The molecule has 128 valence electrons. The molecule has 0 aliphatic rings. The number of benzene rings is 1. The van der Waals surface area contributed by atoms with E-state index in [1.807, 2.05) is 13.1 Å². The lowest BCUT2D eigenvalue weighted by Gasteiger charge is -2.11. The fraction of sp³-hybridized carbons (Fsp3) is 0.263. The van der Waals surface area contributed by atoms with E-state index in [2.05, 4.69) is 60.8 Å². The van der Waals surface area contributed by atoms with Gasteiger partial charge in [-0.2, -0.15) is 0 Å². The maximum atomic E-state index is 11.9. The van der Waals surface area contributed by atoms with Crippen molar-refractivity contribution < 1.29 is 0 Å². The molecule has 0 aliphatic heterocycles. The first-order valence-electron chi connectivity index (χ1n) is 8.16. The van der Waals surface area contributed by atoms with Gasteiger partial charge in [-0.15, -0.1) is 0 Å². The van der Waals surface area contributed by atoms with E-state index in [-0.39, 0.29) is 4.87 Å². The van der Waals surface area contributed by atoms with Crippen LogP contribution in [0.2, 0.25) is 0 Å². The van der Waals surface area contributed by atoms with Crippen LogP contribution in [0, 0.1) is 6.92 Å². The molecule has 0 fully saturated rings. The van der Waals surface area contributed by atoms with Gasteiger partial charge < -0.3 is 13.9 Å². The van der Waals surface area contributed by atoms with E-state index in [4.69, 9.17) is 4.98 Å². The van der Waals surface area contributed by atoms with Crippen molar-refractivity contribution in [3.05, 3.63) is 57.5 Å². The molecule has 0 atom stereocenters. The van der Waals surface area contributed by atoms with E-state index in [0.29, 0.717) is 0 Å². The third-order valence-electron chi connectivity index (χ3n) is 4.41. The van der Waals surface area contributed by atoms with E-state index in [0.717, 1.165) is 39.4 Å². The zero-order valence-corrected chi connectivity index (χ0v) is 15.6. The molecule has 4 rings (SSSR count). The fourth-order valence-corrected chi connectivity index (χ4v) is 4.01. The Morgan fingerprint density at radius 2 is 2.00 bits per heavy atom. The summed E-state index contributed by atoms with van der Waals surface area (Å²) in [6, 6.07) is 10.4. The summed E-state index contributed by atoms with van der Waals surface area (Å²) in [5.74, 6) is 0. The number of thiazole rings is 1. The highest BCUT2D eigenvalue weighted by Gasteiger charge is 2.16. The number of rotatable bonds is 3. The number of imidazole rings is 1. The van der Waals surface area contributed by atoms with Gasteiger partial charge in [-0.3, -0.25) is 4.79 Å². The highest BCUT2D eigenvalue weighted by Crippen LogP contribution is 2.29.